The Bertz CT molecular complexity index is 665. The molecule has 0 saturated carbocycles. The average molecular weight is 315 g/mol. The van der Waals surface area contributed by atoms with Crippen molar-refractivity contribution in [2.24, 2.45) is 5.41 Å². The molecule has 2 aliphatic carbocycles. The first-order valence-corrected chi connectivity index (χ1v) is 7.41. The lowest BCUT2D eigenvalue weighted by Gasteiger charge is -2.32. The summed E-state index contributed by atoms with van der Waals surface area (Å²) in [7, 11) is -3.65. The minimum atomic E-state index is -3.65. The van der Waals surface area contributed by atoms with E-state index in [-0.39, 0.29) is 9.39 Å². The fourth-order valence-corrected chi connectivity index (χ4v) is 4.87. The van der Waals surface area contributed by atoms with Crippen molar-refractivity contribution in [2.45, 2.75) is 6.42 Å². The number of halogens is 2. The standard InChI is InChI=1S/C12H8BrFO2S/c13-9-4-6-12-5-2-1-3-8(12)7-17(15,16)11(12)10(9)14/h1-5,7H,6H2. The summed E-state index contributed by atoms with van der Waals surface area (Å²) >= 11 is 3.05. The SMILES string of the molecule is O=S1(=O)C=C2C=CC=CC23CC=C(Br)C(F)=C31. The molecule has 2 nitrogen and oxygen atoms in total. The van der Waals surface area contributed by atoms with Crippen molar-refractivity contribution < 1.29 is 12.8 Å². The summed E-state index contributed by atoms with van der Waals surface area (Å²) in [5, 5.41) is 1.17. The molecule has 0 N–H and O–H groups in total. The van der Waals surface area contributed by atoms with Gasteiger partial charge in [0.1, 0.15) is 4.91 Å². The van der Waals surface area contributed by atoms with Gasteiger partial charge in [-0.2, -0.15) is 0 Å². The molecule has 0 saturated heterocycles. The Hall–Kier alpha value is -0.940. The van der Waals surface area contributed by atoms with E-state index in [1.54, 1.807) is 30.4 Å². The maximum Gasteiger partial charge on any atom is 0.200 e. The zero-order chi connectivity index (χ0) is 12.3. The fourth-order valence-electron chi connectivity index (χ4n) is 2.50. The van der Waals surface area contributed by atoms with Gasteiger partial charge in [0, 0.05) is 5.41 Å². The highest BCUT2D eigenvalue weighted by atomic mass is 79.9. The number of allylic oxidation sites excluding steroid dienone is 9. The quantitative estimate of drug-likeness (QED) is 0.687. The highest BCUT2D eigenvalue weighted by molar-refractivity contribution is 9.12. The van der Waals surface area contributed by atoms with Gasteiger partial charge in [-0.15, -0.1) is 0 Å². The topological polar surface area (TPSA) is 34.1 Å². The molecule has 17 heavy (non-hydrogen) atoms. The van der Waals surface area contributed by atoms with Crippen LogP contribution in [0.4, 0.5) is 4.39 Å². The largest absolute Gasteiger partial charge is 0.219 e. The Morgan fingerprint density at radius 2 is 2.12 bits per heavy atom. The van der Waals surface area contributed by atoms with E-state index < -0.39 is 21.1 Å². The Kier molecular flexibility index (Phi) is 2.16. The molecule has 3 aliphatic rings. The molecule has 1 atom stereocenters. The second-order valence-electron chi connectivity index (χ2n) is 4.21. The maximum absolute atomic E-state index is 14.1. The van der Waals surface area contributed by atoms with Gasteiger partial charge in [0.2, 0.25) is 0 Å². The van der Waals surface area contributed by atoms with E-state index >= 15 is 0 Å². The van der Waals surface area contributed by atoms with Crippen molar-refractivity contribution in [1.82, 2.24) is 0 Å². The molecule has 0 radical (unpaired) electrons. The van der Waals surface area contributed by atoms with Crippen molar-refractivity contribution in [3.05, 3.63) is 56.6 Å². The third-order valence-corrected chi connectivity index (χ3v) is 5.62. The Morgan fingerprint density at radius 3 is 2.88 bits per heavy atom. The fraction of sp³-hybridized carbons (Fsp3) is 0.167. The minimum Gasteiger partial charge on any atom is -0.219 e. The van der Waals surface area contributed by atoms with Gasteiger partial charge in [-0.05, 0) is 27.9 Å². The van der Waals surface area contributed by atoms with Crippen molar-refractivity contribution >= 4 is 25.8 Å². The highest BCUT2D eigenvalue weighted by Crippen LogP contribution is 2.56. The van der Waals surface area contributed by atoms with E-state index in [4.69, 9.17) is 0 Å². The summed E-state index contributed by atoms with van der Waals surface area (Å²) in [6.07, 6.45) is 9.15. The Morgan fingerprint density at radius 1 is 1.35 bits per heavy atom. The number of hydrogen-bond donors (Lipinski definition) is 0. The van der Waals surface area contributed by atoms with Crippen LogP contribution in [0.1, 0.15) is 6.42 Å². The molecule has 0 aromatic rings. The third-order valence-electron chi connectivity index (χ3n) is 3.27. The first kappa shape index (κ1) is 11.2. The summed E-state index contributed by atoms with van der Waals surface area (Å²) in [6.45, 7) is 0. The Balaban J connectivity index is 2.38. The van der Waals surface area contributed by atoms with E-state index in [0.29, 0.717) is 12.0 Å². The van der Waals surface area contributed by atoms with E-state index in [2.05, 4.69) is 15.9 Å². The lowest BCUT2D eigenvalue weighted by Crippen LogP contribution is -2.25. The second kappa shape index (κ2) is 3.29. The van der Waals surface area contributed by atoms with Crippen LogP contribution in [0.2, 0.25) is 0 Å². The molecule has 1 spiro atoms. The summed E-state index contributed by atoms with van der Waals surface area (Å²) in [5.74, 6) is -0.678. The van der Waals surface area contributed by atoms with Crippen LogP contribution in [-0.2, 0) is 9.84 Å². The number of sulfone groups is 1. The summed E-state index contributed by atoms with van der Waals surface area (Å²) in [4.78, 5) is -0.130. The van der Waals surface area contributed by atoms with Crippen LogP contribution < -0.4 is 0 Å². The predicted octanol–water partition coefficient (Wildman–Crippen LogP) is 3.27. The Labute approximate surface area is 107 Å². The molecule has 0 bridgehead atoms. The number of hydrogen-bond acceptors (Lipinski definition) is 2. The lowest BCUT2D eigenvalue weighted by molar-refractivity contribution is 0.532. The molecule has 5 heteroatoms. The lowest BCUT2D eigenvalue weighted by atomic mass is 9.73. The molecule has 1 aliphatic heterocycles. The van der Waals surface area contributed by atoms with E-state index in [0.717, 1.165) is 0 Å². The molecule has 0 aromatic carbocycles. The van der Waals surface area contributed by atoms with Gasteiger partial charge < -0.3 is 0 Å². The first-order chi connectivity index (χ1) is 7.97. The molecule has 0 amide bonds. The van der Waals surface area contributed by atoms with Crippen molar-refractivity contribution in [3.63, 3.8) is 0 Å². The van der Waals surface area contributed by atoms with Crippen LogP contribution in [0, 0.1) is 5.41 Å². The highest BCUT2D eigenvalue weighted by Gasteiger charge is 2.50. The smallest absolute Gasteiger partial charge is 0.200 e. The molecule has 1 heterocycles. The predicted molar refractivity (Wildman–Crippen MR) is 67.5 cm³/mol. The first-order valence-electron chi connectivity index (χ1n) is 5.07. The summed E-state index contributed by atoms with van der Waals surface area (Å²) in [5.41, 5.74) is -0.184. The average Bonchev–Trinajstić information content (AvgIpc) is 2.51. The zero-order valence-electron chi connectivity index (χ0n) is 8.65. The third kappa shape index (κ3) is 1.32. The van der Waals surface area contributed by atoms with Crippen LogP contribution in [0.25, 0.3) is 0 Å². The van der Waals surface area contributed by atoms with Gasteiger partial charge in [-0.3, -0.25) is 0 Å². The van der Waals surface area contributed by atoms with Gasteiger partial charge in [-0.1, -0.05) is 30.4 Å². The van der Waals surface area contributed by atoms with Crippen LogP contribution in [-0.4, -0.2) is 8.42 Å². The van der Waals surface area contributed by atoms with Gasteiger partial charge in [-0.25, -0.2) is 12.8 Å². The maximum atomic E-state index is 14.1. The van der Waals surface area contributed by atoms with Crippen LogP contribution >= 0.6 is 15.9 Å². The summed E-state index contributed by atoms with van der Waals surface area (Å²) < 4.78 is 38.4. The van der Waals surface area contributed by atoms with E-state index in [9.17, 15) is 12.8 Å². The molecule has 3 rings (SSSR count). The normalized spacial score (nSPS) is 33.1. The van der Waals surface area contributed by atoms with Gasteiger partial charge in [0.15, 0.2) is 15.7 Å². The molecular formula is C12H8BrFO2S. The molecule has 88 valence electrons. The molecule has 0 aromatic heterocycles. The molecule has 0 fully saturated rings. The van der Waals surface area contributed by atoms with Crippen LogP contribution in [0.5, 0.6) is 0 Å². The second-order valence-corrected chi connectivity index (χ2v) is 6.80. The van der Waals surface area contributed by atoms with E-state index in [1.165, 1.54) is 5.41 Å². The molecular weight excluding hydrogens is 307 g/mol. The minimum absolute atomic E-state index is 0.130. The molecule has 1 unspecified atom stereocenters. The van der Waals surface area contributed by atoms with Crippen molar-refractivity contribution in [1.29, 1.82) is 0 Å². The van der Waals surface area contributed by atoms with Crippen molar-refractivity contribution in [3.8, 4) is 0 Å². The van der Waals surface area contributed by atoms with Gasteiger partial charge in [0.25, 0.3) is 0 Å². The number of rotatable bonds is 0. The van der Waals surface area contributed by atoms with Crippen LogP contribution in [0.3, 0.4) is 0 Å². The van der Waals surface area contributed by atoms with Gasteiger partial charge >= 0.3 is 0 Å². The van der Waals surface area contributed by atoms with Crippen molar-refractivity contribution in [2.75, 3.05) is 0 Å². The zero-order valence-corrected chi connectivity index (χ0v) is 11.1. The van der Waals surface area contributed by atoms with E-state index in [1.807, 2.05) is 0 Å². The monoisotopic (exact) mass is 314 g/mol. The van der Waals surface area contributed by atoms with Crippen LogP contribution in [0.15, 0.2) is 56.6 Å². The van der Waals surface area contributed by atoms with Gasteiger partial charge in [0.05, 0.1) is 9.90 Å². The summed E-state index contributed by atoms with van der Waals surface area (Å²) in [6, 6.07) is 0.